The molecule has 6 heteroatoms. The lowest BCUT2D eigenvalue weighted by Crippen LogP contribution is -2.49. The number of anilines is 1. The number of aromatic amines is 1. The van der Waals surface area contributed by atoms with Gasteiger partial charge in [-0.05, 0) is 31.2 Å². The summed E-state index contributed by atoms with van der Waals surface area (Å²) in [7, 11) is 1.66. The third-order valence-electron chi connectivity index (χ3n) is 4.04. The van der Waals surface area contributed by atoms with Crippen molar-refractivity contribution in [3.05, 3.63) is 42.0 Å². The molecule has 1 fully saturated rings. The Morgan fingerprint density at radius 3 is 2.41 bits per heavy atom. The average Bonchev–Trinajstić information content (AvgIpc) is 3.00. The quantitative estimate of drug-likeness (QED) is 0.937. The van der Waals surface area contributed by atoms with Gasteiger partial charge in [0.1, 0.15) is 11.4 Å². The highest BCUT2D eigenvalue weighted by Gasteiger charge is 2.24. The standard InChI is InChI=1S/C16H20N4O2/c1-12-15(18-11-17-12)16(21)20-9-7-19(8-10-20)13-3-5-14(22-2)6-4-13/h3-6,11H,7-10H2,1-2H3,(H,17,18). The number of hydrogen-bond donors (Lipinski definition) is 1. The zero-order valence-corrected chi connectivity index (χ0v) is 12.9. The Labute approximate surface area is 129 Å². The summed E-state index contributed by atoms with van der Waals surface area (Å²) in [6.07, 6.45) is 1.57. The van der Waals surface area contributed by atoms with Crippen molar-refractivity contribution in [2.75, 3.05) is 38.2 Å². The summed E-state index contributed by atoms with van der Waals surface area (Å²) in [5.41, 5.74) is 2.50. The molecular weight excluding hydrogens is 280 g/mol. The molecular formula is C16H20N4O2. The molecule has 1 aliphatic rings. The topological polar surface area (TPSA) is 61.5 Å². The van der Waals surface area contributed by atoms with Crippen molar-refractivity contribution in [3.8, 4) is 5.75 Å². The second kappa shape index (κ2) is 6.09. The van der Waals surface area contributed by atoms with Gasteiger partial charge in [-0.1, -0.05) is 0 Å². The van der Waals surface area contributed by atoms with E-state index in [1.807, 2.05) is 36.1 Å². The summed E-state index contributed by atoms with van der Waals surface area (Å²) in [4.78, 5) is 23.6. The lowest BCUT2D eigenvalue weighted by Gasteiger charge is -2.36. The van der Waals surface area contributed by atoms with Gasteiger partial charge in [0.2, 0.25) is 0 Å². The largest absolute Gasteiger partial charge is 0.497 e. The average molecular weight is 300 g/mol. The van der Waals surface area contributed by atoms with E-state index in [0.29, 0.717) is 18.8 Å². The second-order valence-electron chi connectivity index (χ2n) is 5.35. The minimum atomic E-state index is 0.00753. The third kappa shape index (κ3) is 2.77. The predicted octanol–water partition coefficient (Wildman–Crippen LogP) is 1.69. The third-order valence-corrected chi connectivity index (χ3v) is 4.04. The van der Waals surface area contributed by atoms with E-state index in [1.165, 1.54) is 0 Å². The summed E-state index contributed by atoms with van der Waals surface area (Å²) in [6, 6.07) is 8.02. The van der Waals surface area contributed by atoms with Crippen molar-refractivity contribution in [3.63, 3.8) is 0 Å². The first-order valence-electron chi connectivity index (χ1n) is 7.37. The number of methoxy groups -OCH3 is 1. The van der Waals surface area contributed by atoms with Crippen LogP contribution >= 0.6 is 0 Å². The van der Waals surface area contributed by atoms with Crippen LogP contribution in [0.25, 0.3) is 0 Å². The van der Waals surface area contributed by atoms with E-state index in [4.69, 9.17) is 4.74 Å². The molecule has 3 rings (SSSR count). The minimum absolute atomic E-state index is 0.00753. The van der Waals surface area contributed by atoms with Crippen molar-refractivity contribution in [1.82, 2.24) is 14.9 Å². The van der Waals surface area contributed by atoms with Gasteiger partial charge in [0.05, 0.1) is 13.4 Å². The van der Waals surface area contributed by atoms with Gasteiger partial charge in [0.25, 0.3) is 5.91 Å². The molecule has 1 aromatic heterocycles. The maximum Gasteiger partial charge on any atom is 0.274 e. The Kier molecular flexibility index (Phi) is 4.00. The highest BCUT2D eigenvalue weighted by molar-refractivity contribution is 5.93. The smallest absolute Gasteiger partial charge is 0.274 e. The molecule has 1 aromatic carbocycles. The van der Waals surface area contributed by atoms with E-state index in [-0.39, 0.29) is 5.91 Å². The molecule has 1 saturated heterocycles. The second-order valence-corrected chi connectivity index (χ2v) is 5.35. The first kappa shape index (κ1) is 14.4. The number of rotatable bonds is 3. The summed E-state index contributed by atoms with van der Waals surface area (Å²) in [5, 5.41) is 0. The molecule has 1 aliphatic heterocycles. The van der Waals surface area contributed by atoms with Crippen LogP contribution in [0.4, 0.5) is 5.69 Å². The number of piperazine rings is 1. The van der Waals surface area contributed by atoms with Crippen molar-refractivity contribution < 1.29 is 9.53 Å². The monoisotopic (exact) mass is 300 g/mol. The van der Waals surface area contributed by atoms with E-state index >= 15 is 0 Å². The van der Waals surface area contributed by atoms with E-state index in [2.05, 4.69) is 14.9 Å². The van der Waals surface area contributed by atoms with Gasteiger partial charge in [-0.25, -0.2) is 4.98 Å². The molecule has 0 saturated carbocycles. The van der Waals surface area contributed by atoms with Crippen LogP contribution in [0.3, 0.4) is 0 Å². The van der Waals surface area contributed by atoms with Gasteiger partial charge in [-0.15, -0.1) is 0 Å². The molecule has 116 valence electrons. The number of nitrogens with zero attached hydrogens (tertiary/aromatic N) is 3. The van der Waals surface area contributed by atoms with Crippen LogP contribution in [0, 0.1) is 6.92 Å². The van der Waals surface area contributed by atoms with E-state index < -0.39 is 0 Å². The van der Waals surface area contributed by atoms with Crippen LogP contribution in [-0.2, 0) is 0 Å². The van der Waals surface area contributed by atoms with Crippen molar-refractivity contribution in [2.45, 2.75) is 6.92 Å². The minimum Gasteiger partial charge on any atom is -0.497 e. The number of nitrogens with one attached hydrogen (secondary N) is 1. The van der Waals surface area contributed by atoms with Crippen LogP contribution in [0.1, 0.15) is 16.2 Å². The molecule has 0 bridgehead atoms. The Morgan fingerprint density at radius 1 is 1.18 bits per heavy atom. The molecule has 6 nitrogen and oxygen atoms in total. The number of hydrogen-bond acceptors (Lipinski definition) is 4. The number of aromatic nitrogens is 2. The van der Waals surface area contributed by atoms with Crippen molar-refractivity contribution in [1.29, 1.82) is 0 Å². The highest BCUT2D eigenvalue weighted by atomic mass is 16.5. The molecule has 22 heavy (non-hydrogen) atoms. The number of carbonyl (C=O) groups excluding carboxylic acids is 1. The van der Waals surface area contributed by atoms with E-state index in [1.54, 1.807) is 13.4 Å². The lowest BCUT2D eigenvalue weighted by molar-refractivity contribution is 0.0740. The van der Waals surface area contributed by atoms with Crippen molar-refractivity contribution >= 4 is 11.6 Å². The van der Waals surface area contributed by atoms with Crippen LogP contribution in [0.5, 0.6) is 5.75 Å². The number of ether oxygens (including phenoxy) is 1. The molecule has 2 aromatic rings. The van der Waals surface area contributed by atoms with Gasteiger partial charge in [-0.3, -0.25) is 4.79 Å². The fourth-order valence-corrected chi connectivity index (χ4v) is 2.68. The van der Waals surface area contributed by atoms with Crippen molar-refractivity contribution in [2.24, 2.45) is 0 Å². The number of amides is 1. The van der Waals surface area contributed by atoms with Gasteiger partial charge < -0.3 is 19.5 Å². The molecule has 0 radical (unpaired) electrons. The molecule has 0 spiro atoms. The van der Waals surface area contributed by atoms with Crippen LogP contribution in [0.15, 0.2) is 30.6 Å². The van der Waals surface area contributed by atoms with Crippen LogP contribution in [0.2, 0.25) is 0 Å². The Balaban J connectivity index is 1.62. The number of aryl methyl sites for hydroxylation is 1. The first-order valence-corrected chi connectivity index (χ1v) is 7.37. The number of imidazole rings is 1. The first-order chi connectivity index (χ1) is 10.7. The van der Waals surface area contributed by atoms with Gasteiger partial charge >= 0.3 is 0 Å². The normalized spacial score (nSPS) is 15.0. The fourth-order valence-electron chi connectivity index (χ4n) is 2.68. The molecule has 0 aliphatic carbocycles. The summed E-state index contributed by atoms with van der Waals surface area (Å²) >= 11 is 0. The fraction of sp³-hybridized carbons (Fsp3) is 0.375. The molecule has 0 unspecified atom stereocenters. The maximum absolute atomic E-state index is 12.4. The SMILES string of the molecule is COc1ccc(N2CCN(C(=O)c3nc[nH]c3C)CC2)cc1. The van der Waals surface area contributed by atoms with E-state index in [0.717, 1.165) is 30.2 Å². The Bertz CT molecular complexity index is 642. The van der Waals surface area contributed by atoms with Crippen LogP contribution in [-0.4, -0.2) is 54.1 Å². The van der Waals surface area contributed by atoms with E-state index in [9.17, 15) is 4.79 Å². The van der Waals surface area contributed by atoms with Crippen LogP contribution < -0.4 is 9.64 Å². The highest BCUT2D eigenvalue weighted by Crippen LogP contribution is 2.21. The summed E-state index contributed by atoms with van der Waals surface area (Å²) in [5.74, 6) is 0.861. The van der Waals surface area contributed by atoms with Gasteiger partial charge in [-0.2, -0.15) is 0 Å². The summed E-state index contributed by atoms with van der Waals surface area (Å²) < 4.78 is 5.18. The zero-order valence-electron chi connectivity index (χ0n) is 12.9. The molecule has 0 atom stereocenters. The predicted molar refractivity (Wildman–Crippen MR) is 84.4 cm³/mol. The number of H-pyrrole nitrogens is 1. The molecule has 2 heterocycles. The Morgan fingerprint density at radius 2 is 1.86 bits per heavy atom. The molecule has 1 N–H and O–H groups in total. The van der Waals surface area contributed by atoms with Gasteiger partial charge in [0, 0.05) is 37.6 Å². The lowest BCUT2D eigenvalue weighted by atomic mass is 10.2. The number of benzene rings is 1. The zero-order chi connectivity index (χ0) is 15.5. The number of carbonyl (C=O) groups is 1. The summed E-state index contributed by atoms with van der Waals surface area (Å²) in [6.45, 7) is 4.92. The maximum atomic E-state index is 12.4. The Hall–Kier alpha value is -2.50. The van der Waals surface area contributed by atoms with Gasteiger partial charge in [0.15, 0.2) is 0 Å². The molecule has 1 amide bonds.